The van der Waals surface area contributed by atoms with Crippen LogP contribution in [0, 0.1) is 18.8 Å². The van der Waals surface area contributed by atoms with Crippen LogP contribution in [0.4, 0.5) is 5.82 Å². The number of pyridine rings is 1. The molecule has 27 heavy (non-hydrogen) atoms. The van der Waals surface area contributed by atoms with Crippen molar-refractivity contribution in [1.82, 2.24) is 19.5 Å². The van der Waals surface area contributed by atoms with Crippen LogP contribution >= 0.6 is 0 Å². The average Bonchev–Trinajstić information content (AvgIpc) is 3.02. The third-order valence-electron chi connectivity index (χ3n) is 4.96. The van der Waals surface area contributed by atoms with Gasteiger partial charge in [-0.3, -0.25) is 0 Å². The Kier molecular flexibility index (Phi) is 4.28. The number of methoxy groups -OCH3 is 1. The second-order valence-electron chi connectivity index (χ2n) is 6.45. The van der Waals surface area contributed by atoms with Crippen LogP contribution in [-0.4, -0.2) is 26.6 Å². The number of fused-ring (bicyclic) bond motifs is 1. The van der Waals surface area contributed by atoms with Gasteiger partial charge in [-0.2, -0.15) is 0 Å². The van der Waals surface area contributed by atoms with E-state index in [1.165, 1.54) is 11.9 Å². The van der Waals surface area contributed by atoms with E-state index in [4.69, 9.17) is 16.9 Å². The molecule has 3 heterocycles. The van der Waals surface area contributed by atoms with Crippen LogP contribution in [-0.2, 0) is 7.05 Å². The molecule has 0 fully saturated rings. The molecule has 0 amide bonds. The molecule has 135 valence electrons. The summed E-state index contributed by atoms with van der Waals surface area (Å²) < 4.78 is 7.65. The molecule has 0 atom stereocenters. The van der Waals surface area contributed by atoms with Crippen molar-refractivity contribution in [3.8, 4) is 29.4 Å². The quantitative estimate of drug-likeness (QED) is 0.726. The number of allylic oxidation sites excluding steroid dienone is 2. The Bertz CT molecular complexity index is 1100. The second-order valence-corrected chi connectivity index (χ2v) is 6.45. The normalized spacial score (nSPS) is 14.0. The van der Waals surface area contributed by atoms with Crippen LogP contribution in [0.25, 0.3) is 27.9 Å². The standard InChI is InChI=1S/C21H20N5O/c1-4-14-10-16(27-3)15(11-23-14)19-17(13-8-6-5-7-9-13)18-20(22)24-12-25-21(18)26(19)2/h1,5,8,10-12H,6-7,9H2,2-3H3,(H2,22,24,25). The molecule has 1 aliphatic carbocycles. The van der Waals surface area contributed by atoms with Gasteiger partial charge in [-0.25, -0.2) is 15.0 Å². The molecule has 0 aromatic carbocycles. The number of nitrogens with two attached hydrogens (primary N) is 1. The highest BCUT2D eigenvalue weighted by atomic mass is 16.5. The first-order valence-corrected chi connectivity index (χ1v) is 8.76. The summed E-state index contributed by atoms with van der Waals surface area (Å²) in [5, 5.41) is 0.867. The first-order chi connectivity index (χ1) is 13.2. The maximum absolute atomic E-state index is 6.27. The monoisotopic (exact) mass is 358 g/mol. The minimum absolute atomic E-state index is 0.472. The predicted molar refractivity (Wildman–Crippen MR) is 107 cm³/mol. The summed E-state index contributed by atoms with van der Waals surface area (Å²) in [6.45, 7) is 0. The van der Waals surface area contributed by atoms with Crippen LogP contribution in [0.2, 0.25) is 0 Å². The smallest absolute Gasteiger partial charge is 0.146 e. The van der Waals surface area contributed by atoms with E-state index in [2.05, 4.69) is 33.4 Å². The summed E-state index contributed by atoms with van der Waals surface area (Å²) in [6.07, 6.45) is 16.2. The van der Waals surface area contributed by atoms with Gasteiger partial charge in [-0.15, -0.1) is 6.42 Å². The zero-order valence-electron chi connectivity index (χ0n) is 15.4. The lowest BCUT2D eigenvalue weighted by atomic mass is 9.90. The van der Waals surface area contributed by atoms with Gasteiger partial charge < -0.3 is 15.0 Å². The summed E-state index contributed by atoms with van der Waals surface area (Å²) >= 11 is 0. The molecule has 3 aromatic rings. The molecule has 0 aliphatic heterocycles. The number of aromatic nitrogens is 4. The van der Waals surface area contributed by atoms with E-state index in [0.29, 0.717) is 17.3 Å². The molecule has 3 aromatic heterocycles. The van der Waals surface area contributed by atoms with E-state index in [1.807, 2.05) is 11.6 Å². The number of anilines is 1. The Morgan fingerprint density at radius 1 is 1.30 bits per heavy atom. The lowest BCUT2D eigenvalue weighted by molar-refractivity contribution is 0.415. The van der Waals surface area contributed by atoms with Crippen molar-refractivity contribution in [2.45, 2.75) is 19.3 Å². The summed E-state index contributed by atoms with van der Waals surface area (Å²) in [5.74, 6) is 3.69. The van der Waals surface area contributed by atoms with Crippen LogP contribution in [0.3, 0.4) is 0 Å². The fourth-order valence-electron chi connectivity index (χ4n) is 3.70. The van der Waals surface area contributed by atoms with Crippen molar-refractivity contribution in [1.29, 1.82) is 0 Å². The minimum atomic E-state index is 0.472. The van der Waals surface area contributed by atoms with E-state index in [-0.39, 0.29) is 0 Å². The number of rotatable bonds is 3. The molecule has 2 N–H and O–H groups in total. The molecule has 1 aliphatic rings. The topological polar surface area (TPSA) is 78.9 Å². The highest BCUT2D eigenvalue weighted by Gasteiger charge is 2.25. The van der Waals surface area contributed by atoms with E-state index in [0.717, 1.165) is 47.1 Å². The Morgan fingerprint density at radius 3 is 2.85 bits per heavy atom. The third kappa shape index (κ3) is 2.72. The number of nitrogens with zero attached hydrogens (tertiary/aromatic N) is 4. The molecule has 0 saturated carbocycles. The molecule has 0 unspecified atom stereocenters. The van der Waals surface area contributed by atoms with Crippen molar-refractivity contribution >= 4 is 22.4 Å². The maximum atomic E-state index is 6.27. The SMILES string of the molecule is C#Cc1cc(OC)c(-c2c(C3=CC[CH]CC3)c3c(N)ncnc3n2C)cn1. The first-order valence-electron chi connectivity index (χ1n) is 8.76. The van der Waals surface area contributed by atoms with Crippen molar-refractivity contribution < 1.29 is 4.74 Å². The van der Waals surface area contributed by atoms with Crippen LogP contribution < -0.4 is 10.5 Å². The lowest BCUT2D eigenvalue weighted by Crippen LogP contribution is -2.00. The van der Waals surface area contributed by atoms with Gasteiger partial charge in [-0.1, -0.05) is 12.0 Å². The highest BCUT2D eigenvalue weighted by molar-refractivity contribution is 6.04. The van der Waals surface area contributed by atoms with Crippen molar-refractivity contribution in [2.24, 2.45) is 7.05 Å². The van der Waals surface area contributed by atoms with Gasteiger partial charge in [0.25, 0.3) is 0 Å². The molecule has 6 heteroatoms. The van der Waals surface area contributed by atoms with Crippen molar-refractivity contribution in [3.63, 3.8) is 0 Å². The number of hydrogen-bond acceptors (Lipinski definition) is 5. The van der Waals surface area contributed by atoms with Gasteiger partial charge in [0.15, 0.2) is 0 Å². The zero-order chi connectivity index (χ0) is 19.0. The Balaban J connectivity index is 2.10. The molecule has 4 rings (SSSR count). The average molecular weight is 358 g/mol. The zero-order valence-corrected chi connectivity index (χ0v) is 15.4. The van der Waals surface area contributed by atoms with Crippen molar-refractivity contribution in [3.05, 3.63) is 42.3 Å². The van der Waals surface area contributed by atoms with Gasteiger partial charge in [-0.05, 0) is 31.3 Å². The van der Waals surface area contributed by atoms with Crippen LogP contribution in [0.1, 0.15) is 30.5 Å². The number of ether oxygens (including phenoxy) is 1. The van der Waals surface area contributed by atoms with Gasteiger partial charge in [0.1, 0.15) is 29.2 Å². The van der Waals surface area contributed by atoms with Crippen molar-refractivity contribution in [2.75, 3.05) is 12.8 Å². The number of hydrogen-bond donors (Lipinski definition) is 1. The molecule has 0 saturated heterocycles. The number of nitrogen functional groups attached to an aromatic ring is 1. The Morgan fingerprint density at radius 2 is 2.15 bits per heavy atom. The largest absolute Gasteiger partial charge is 0.496 e. The predicted octanol–water partition coefficient (Wildman–Crippen LogP) is 3.37. The van der Waals surface area contributed by atoms with Gasteiger partial charge in [0, 0.05) is 24.9 Å². The van der Waals surface area contributed by atoms with Gasteiger partial charge >= 0.3 is 0 Å². The second kappa shape index (κ2) is 6.76. The fourth-order valence-corrected chi connectivity index (χ4v) is 3.70. The van der Waals surface area contributed by atoms with E-state index in [1.54, 1.807) is 19.4 Å². The minimum Gasteiger partial charge on any atom is -0.496 e. The molecule has 6 nitrogen and oxygen atoms in total. The molecule has 0 spiro atoms. The molecule has 0 bridgehead atoms. The van der Waals surface area contributed by atoms with Gasteiger partial charge in [0.2, 0.25) is 0 Å². The third-order valence-corrected chi connectivity index (χ3v) is 4.96. The number of aryl methyl sites for hydroxylation is 1. The summed E-state index contributed by atoms with van der Waals surface area (Å²) in [5.41, 5.74) is 11.7. The van der Waals surface area contributed by atoms with E-state index < -0.39 is 0 Å². The number of terminal acetylenes is 1. The molecular formula is C21H20N5O. The highest BCUT2D eigenvalue weighted by Crippen LogP contribution is 2.43. The lowest BCUT2D eigenvalue weighted by Gasteiger charge is -2.16. The Hall–Kier alpha value is -3.33. The molecule has 1 radical (unpaired) electrons. The van der Waals surface area contributed by atoms with Gasteiger partial charge in [0.05, 0.1) is 23.8 Å². The first kappa shape index (κ1) is 17.1. The maximum Gasteiger partial charge on any atom is 0.146 e. The molecular weight excluding hydrogens is 338 g/mol. The van der Waals surface area contributed by atoms with Crippen LogP contribution in [0.15, 0.2) is 24.7 Å². The van der Waals surface area contributed by atoms with Crippen LogP contribution in [0.5, 0.6) is 5.75 Å². The fraction of sp³-hybridized carbons (Fsp3) is 0.238. The van der Waals surface area contributed by atoms with E-state index >= 15 is 0 Å². The summed E-state index contributed by atoms with van der Waals surface area (Å²) in [6, 6.07) is 1.77. The summed E-state index contributed by atoms with van der Waals surface area (Å²) in [4.78, 5) is 13.1. The summed E-state index contributed by atoms with van der Waals surface area (Å²) in [7, 11) is 3.60. The Labute approximate surface area is 158 Å². The van der Waals surface area contributed by atoms with E-state index in [9.17, 15) is 0 Å².